The summed E-state index contributed by atoms with van der Waals surface area (Å²) in [6.45, 7) is 13.3. The Morgan fingerprint density at radius 1 is 1.24 bits per heavy atom. The van der Waals surface area contributed by atoms with Crippen LogP contribution in [0.5, 0.6) is 0 Å². The maximum Gasteiger partial charge on any atom is 1.00 e. The molecule has 1 aliphatic heterocycles. The second kappa shape index (κ2) is 9.98. The molecular weight excluding hydrogens is 338 g/mol. The van der Waals surface area contributed by atoms with Gasteiger partial charge in [0.1, 0.15) is 5.82 Å². The molecular formula is C21H26FKN2. The third-order valence-electron chi connectivity index (χ3n) is 4.39. The van der Waals surface area contributed by atoms with Gasteiger partial charge in [-0.3, -0.25) is 0 Å². The van der Waals surface area contributed by atoms with E-state index >= 15 is 0 Å². The molecule has 0 N–H and O–H groups in total. The van der Waals surface area contributed by atoms with Crippen LogP contribution in [0.2, 0.25) is 0 Å². The third-order valence-corrected chi connectivity index (χ3v) is 4.39. The number of aryl methyl sites for hydroxylation is 2. The number of hydrogen-bond acceptors (Lipinski definition) is 1. The predicted octanol–water partition coefficient (Wildman–Crippen LogP) is 2.66. The number of fused-ring (bicyclic) bond motifs is 1. The van der Waals surface area contributed by atoms with Gasteiger partial charge in [-0.1, -0.05) is 45.1 Å². The zero-order valence-electron chi connectivity index (χ0n) is 16.1. The molecule has 0 radical (unpaired) electrons. The monoisotopic (exact) mass is 364 g/mol. The average molecular weight is 365 g/mol. The fraction of sp³-hybridized carbons (Fsp3) is 0.381. The molecule has 0 aliphatic carbocycles. The molecule has 0 bridgehead atoms. The van der Waals surface area contributed by atoms with Crippen molar-refractivity contribution in [2.75, 3.05) is 18.0 Å². The molecule has 25 heavy (non-hydrogen) atoms. The number of anilines is 1. The van der Waals surface area contributed by atoms with Gasteiger partial charge in [-0.15, -0.1) is 0 Å². The zero-order chi connectivity index (χ0) is 17.9. The molecule has 0 spiro atoms. The summed E-state index contributed by atoms with van der Waals surface area (Å²) in [5.74, 6) is -0.148. The summed E-state index contributed by atoms with van der Waals surface area (Å²) < 4.78 is 14.2. The normalized spacial score (nSPS) is 14.0. The molecule has 0 aromatic heterocycles. The minimum Gasteiger partial charge on any atom is -0.807 e. The number of piperidine rings is 1. The van der Waals surface area contributed by atoms with Gasteiger partial charge in [0.25, 0.3) is 0 Å². The summed E-state index contributed by atoms with van der Waals surface area (Å²) in [6, 6.07) is 7.61. The molecule has 4 heteroatoms. The molecule has 0 atom stereocenters. The molecule has 1 fully saturated rings. The van der Waals surface area contributed by atoms with E-state index < -0.39 is 0 Å². The maximum absolute atomic E-state index is 14.2. The van der Waals surface area contributed by atoms with Crippen LogP contribution in [0.4, 0.5) is 10.1 Å². The number of halogens is 1. The summed E-state index contributed by atoms with van der Waals surface area (Å²) in [4.78, 5) is 2.19. The van der Waals surface area contributed by atoms with Crippen molar-refractivity contribution in [2.45, 2.75) is 40.5 Å². The fourth-order valence-electron chi connectivity index (χ4n) is 3.26. The van der Waals surface area contributed by atoms with Crippen LogP contribution in [0.25, 0.3) is 16.2 Å². The predicted molar refractivity (Wildman–Crippen MR) is 104 cm³/mol. The Hall–Kier alpha value is -0.524. The Labute approximate surface area is 193 Å². The van der Waals surface area contributed by atoms with Crippen molar-refractivity contribution in [3.8, 4) is 0 Å². The molecule has 0 unspecified atom stereocenters. The van der Waals surface area contributed by atoms with Crippen LogP contribution in [0.3, 0.4) is 0 Å². The molecule has 3 rings (SSSR count). The Morgan fingerprint density at radius 3 is 2.52 bits per heavy atom. The van der Waals surface area contributed by atoms with Crippen molar-refractivity contribution >= 4 is 22.2 Å². The SMILES string of the molecule is C=C1CN(c2cc(C)cc3ccc(F)c(CC)c23)CCC1=[N-].CC.[K+]. The van der Waals surface area contributed by atoms with E-state index in [1.54, 1.807) is 6.07 Å². The van der Waals surface area contributed by atoms with Crippen LogP contribution in [-0.4, -0.2) is 18.8 Å². The Morgan fingerprint density at radius 2 is 1.92 bits per heavy atom. The van der Waals surface area contributed by atoms with E-state index in [9.17, 15) is 9.80 Å². The van der Waals surface area contributed by atoms with E-state index in [-0.39, 0.29) is 57.2 Å². The van der Waals surface area contributed by atoms with Crippen molar-refractivity contribution in [1.82, 2.24) is 0 Å². The van der Waals surface area contributed by atoms with E-state index in [1.807, 2.05) is 26.8 Å². The van der Waals surface area contributed by atoms with Crippen LogP contribution in [-0.2, 0) is 6.42 Å². The molecule has 1 aliphatic rings. The van der Waals surface area contributed by atoms with Crippen molar-refractivity contribution in [1.29, 1.82) is 0 Å². The standard InChI is InChI=1S/C19H20FN2.C2H6.K/c1-4-15-16(20)6-5-14-9-12(2)10-18(19(14)15)22-8-7-17(21)13(3)11-22;1-2;/h5-6,9-10H,3-4,7-8,11H2,1-2H3;1-2H3;/q-1;;+1. The summed E-state index contributed by atoms with van der Waals surface area (Å²) >= 11 is 0. The first-order chi connectivity index (χ1) is 11.5. The van der Waals surface area contributed by atoms with Crippen molar-refractivity contribution in [2.24, 2.45) is 0 Å². The van der Waals surface area contributed by atoms with Gasteiger partial charge in [0.15, 0.2) is 0 Å². The van der Waals surface area contributed by atoms with Gasteiger partial charge in [-0.05, 0) is 48.4 Å². The van der Waals surface area contributed by atoms with Gasteiger partial charge in [0, 0.05) is 24.2 Å². The van der Waals surface area contributed by atoms with E-state index in [2.05, 4.69) is 30.5 Å². The van der Waals surface area contributed by atoms with Crippen LogP contribution < -0.4 is 56.3 Å². The van der Waals surface area contributed by atoms with E-state index in [0.29, 0.717) is 25.1 Å². The van der Waals surface area contributed by atoms with Gasteiger partial charge in [0.05, 0.1) is 0 Å². The van der Waals surface area contributed by atoms with Crippen LogP contribution >= 0.6 is 0 Å². The van der Waals surface area contributed by atoms with Gasteiger partial charge in [0.2, 0.25) is 0 Å². The Kier molecular flexibility index (Phi) is 8.99. The van der Waals surface area contributed by atoms with Crippen LogP contribution in [0, 0.1) is 12.7 Å². The first kappa shape index (κ1) is 22.5. The Bertz CT molecular complexity index is 783. The van der Waals surface area contributed by atoms with Crippen LogP contribution in [0.1, 0.15) is 38.3 Å². The minimum atomic E-state index is -0.148. The smallest absolute Gasteiger partial charge is 0.807 e. The molecule has 1 saturated heterocycles. The average Bonchev–Trinajstić information content (AvgIpc) is 2.59. The van der Waals surface area contributed by atoms with Crippen molar-refractivity contribution in [3.05, 3.63) is 58.8 Å². The van der Waals surface area contributed by atoms with Gasteiger partial charge in [-0.2, -0.15) is 5.71 Å². The summed E-state index contributed by atoms with van der Waals surface area (Å²) in [5.41, 5.74) is 4.09. The molecule has 0 saturated carbocycles. The quantitative estimate of drug-likeness (QED) is 0.752. The van der Waals surface area contributed by atoms with E-state index in [1.165, 1.54) is 0 Å². The molecule has 2 nitrogen and oxygen atoms in total. The van der Waals surface area contributed by atoms with E-state index in [0.717, 1.165) is 39.7 Å². The topological polar surface area (TPSA) is 25.5 Å². The van der Waals surface area contributed by atoms with Crippen LogP contribution in [0.15, 0.2) is 36.4 Å². The molecule has 2 aromatic rings. The second-order valence-electron chi connectivity index (χ2n) is 5.98. The molecule has 0 amide bonds. The molecule has 1 heterocycles. The summed E-state index contributed by atoms with van der Waals surface area (Å²) in [5, 5.41) is 11.8. The maximum atomic E-state index is 14.2. The first-order valence-corrected chi connectivity index (χ1v) is 8.71. The van der Waals surface area contributed by atoms with Gasteiger partial charge in [-0.25, -0.2) is 4.39 Å². The second-order valence-corrected chi connectivity index (χ2v) is 5.98. The first-order valence-electron chi connectivity index (χ1n) is 8.71. The van der Waals surface area contributed by atoms with Crippen molar-refractivity contribution in [3.63, 3.8) is 0 Å². The molecule has 2 aromatic carbocycles. The van der Waals surface area contributed by atoms with Gasteiger partial charge < -0.3 is 10.3 Å². The Balaban J connectivity index is 0.00000101. The summed E-state index contributed by atoms with van der Waals surface area (Å²) in [6.07, 6.45) is 1.25. The number of benzene rings is 2. The number of hydrogen-bond donors (Lipinski definition) is 0. The number of nitrogens with zero attached hydrogens (tertiary/aromatic N) is 2. The largest absolute Gasteiger partial charge is 1.00 e. The third kappa shape index (κ3) is 4.80. The summed E-state index contributed by atoms with van der Waals surface area (Å²) in [7, 11) is 0. The van der Waals surface area contributed by atoms with E-state index in [4.69, 9.17) is 0 Å². The van der Waals surface area contributed by atoms with Crippen molar-refractivity contribution < 1.29 is 55.8 Å². The molecule has 128 valence electrons. The van der Waals surface area contributed by atoms with Gasteiger partial charge >= 0.3 is 51.4 Å². The minimum absolute atomic E-state index is 0. The number of rotatable bonds is 2. The zero-order valence-corrected chi connectivity index (χ0v) is 19.2. The fourth-order valence-corrected chi connectivity index (χ4v) is 3.26.